The zero-order valence-corrected chi connectivity index (χ0v) is 17.2. The molecule has 0 aliphatic carbocycles. The molecule has 1 heterocycles. The third-order valence-corrected chi connectivity index (χ3v) is 4.86. The van der Waals surface area contributed by atoms with Gasteiger partial charge in [0.1, 0.15) is 17.7 Å². The number of oxazole rings is 1. The van der Waals surface area contributed by atoms with Crippen LogP contribution in [0.15, 0.2) is 59.2 Å². The lowest BCUT2D eigenvalue weighted by atomic mass is 9.93. The van der Waals surface area contributed by atoms with Gasteiger partial charge in [0.05, 0.1) is 25.9 Å². The van der Waals surface area contributed by atoms with E-state index in [1.165, 1.54) is 0 Å². The monoisotopic (exact) mass is 418 g/mol. The molecular formula is C22H27ClN2O4. The van der Waals surface area contributed by atoms with Gasteiger partial charge in [0.25, 0.3) is 0 Å². The first-order valence-electron chi connectivity index (χ1n) is 9.22. The molecule has 0 unspecified atom stereocenters. The molecule has 0 amide bonds. The smallest absolute Gasteiger partial charge is 0.198 e. The fraction of sp³-hybridized carbons (Fsp3) is 0.318. The second-order valence-corrected chi connectivity index (χ2v) is 7.03. The van der Waals surface area contributed by atoms with Gasteiger partial charge in [-0.25, -0.2) is 4.98 Å². The third kappa shape index (κ3) is 6.05. The molecule has 0 atom stereocenters. The minimum Gasteiger partial charge on any atom is -0.497 e. The number of aliphatic hydroxyl groups is 2. The summed E-state index contributed by atoms with van der Waals surface area (Å²) in [7, 11) is 1.65. The van der Waals surface area contributed by atoms with Crippen molar-refractivity contribution in [1.29, 1.82) is 0 Å². The Bertz CT molecular complexity index is 875. The van der Waals surface area contributed by atoms with Crippen LogP contribution in [0.5, 0.6) is 5.75 Å². The van der Waals surface area contributed by atoms with E-state index in [9.17, 15) is 10.2 Å². The van der Waals surface area contributed by atoms with Crippen molar-refractivity contribution in [3.63, 3.8) is 0 Å². The van der Waals surface area contributed by atoms with Crippen LogP contribution in [0.1, 0.15) is 23.4 Å². The molecule has 3 rings (SSSR count). The molecule has 6 nitrogen and oxygen atoms in total. The summed E-state index contributed by atoms with van der Waals surface area (Å²) in [6.45, 7) is -0.477. The van der Waals surface area contributed by atoms with Gasteiger partial charge in [0.2, 0.25) is 0 Å². The van der Waals surface area contributed by atoms with Gasteiger partial charge in [0.15, 0.2) is 5.89 Å². The maximum absolute atomic E-state index is 9.28. The molecule has 3 aromatic rings. The van der Waals surface area contributed by atoms with Gasteiger partial charge in [-0.2, -0.15) is 0 Å². The van der Waals surface area contributed by atoms with E-state index >= 15 is 0 Å². The molecule has 0 radical (unpaired) electrons. The molecule has 0 bridgehead atoms. The fourth-order valence-electron chi connectivity index (χ4n) is 2.89. The van der Waals surface area contributed by atoms with Gasteiger partial charge < -0.3 is 25.1 Å². The van der Waals surface area contributed by atoms with Crippen molar-refractivity contribution in [2.24, 2.45) is 5.73 Å². The second-order valence-electron chi connectivity index (χ2n) is 7.03. The summed E-state index contributed by atoms with van der Waals surface area (Å²) in [6, 6.07) is 15.8. The van der Waals surface area contributed by atoms with Gasteiger partial charge in [-0.15, -0.1) is 12.4 Å². The average molecular weight is 419 g/mol. The van der Waals surface area contributed by atoms with Crippen LogP contribution in [0.3, 0.4) is 0 Å². The molecule has 0 fully saturated rings. The second kappa shape index (κ2) is 10.4. The van der Waals surface area contributed by atoms with Crippen molar-refractivity contribution in [3.05, 3.63) is 71.8 Å². The Morgan fingerprint density at radius 1 is 1.00 bits per heavy atom. The SMILES string of the molecule is COc1ccc(Cc2nc(-c3ccc(CCC(N)(CO)CO)cc3)co2)cc1.Cl. The highest BCUT2D eigenvalue weighted by atomic mass is 35.5. The molecule has 0 aliphatic rings. The molecule has 29 heavy (non-hydrogen) atoms. The quantitative estimate of drug-likeness (QED) is 0.493. The highest BCUT2D eigenvalue weighted by Crippen LogP contribution is 2.22. The summed E-state index contributed by atoms with van der Waals surface area (Å²) in [5, 5.41) is 18.6. The van der Waals surface area contributed by atoms with Crippen LogP contribution in [0.2, 0.25) is 0 Å². The number of nitrogens with two attached hydrogens (primary N) is 1. The summed E-state index contributed by atoms with van der Waals surface area (Å²) < 4.78 is 10.8. The van der Waals surface area contributed by atoms with E-state index in [2.05, 4.69) is 4.98 Å². The lowest BCUT2D eigenvalue weighted by Crippen LogP contribution is -2.47. The number of halogens is 1. The first kappa shape index (κ1) is 22.9. The summed E-state index contributed by atoms with van der Waals surface area (Å²) in [5.74, 6) is 1.48. The molecule has 0 spiro atoms. The topological polar surface area (TPSA) is 102 Å². The van der Waals surface area contributed by atoms with Crippen LogP contribution >= 0.6 is 12.4 Å². The number of methoxy groups -OCH3 is 1. The van der Waals surface area contributed by atoms with Crippen molar-refractivity contribution in [3.8, 4) is 17.0 Å². The minimum absolute atomic E-state index is 0. The molecule has 0 saturated carbocycles. The third-order valence-electron chi connectivity index (χ3n) is 4.86. The predicted octanol–water partition coefficient (Wildman–Crippen LogP) is 2.98. The van der Waals surface area contributed by atoms with Gasteiger partial charge in [-0.05, 0) is 36.1 Å². The van der Waals surface area contributed by atoms with E-state index in [1.54, 1.807) is 13.4 Å². The predicted molar refractivity (Wildman–Crippen MR) is 114 cm³/mol. The van der Waals surface area contributed by atoms with E-state index < -0.39 is 5.54 Å². The van der Waals surface area contributed by atoms with Crippen LogP contribution in [0.25, 0.3) is 11.3 Å². The molecule has 2 aromatic carbocycles. The molecule has 4 N–H and O–H groups in total. The highest BCUT2D eigenvalue weighted by Gasteiger charge is 2.22. The molecular weight excluding hydrogens is 392 g/mol. The summed E-state index contributed by atoms with van der Waals surface area (Å²) in [5.41, 5.74) is 8.92. The summed E-state index contributed by atoms with van der Waals surface area (Å²) in [4.78, 5) is 4.58. The van der Waals surface area contributed by atoms with Crippen LogP contribution in [0.4, 0.5) is 0 Å². The van der Waals surface area contributed by atoms with E-state index in [-0.39, 0.29) is 25.6 Å². The molecule has 156 valence electrons. The Labute approximate surface area is 176 Å². The zero-order valence-electron chi connectivity index (χ0n) is 16.4. The van der Waals surface area contributed by atoms with Crippen molar-refractivity contribution in [1.82, 2.24) is 4.98 Å². The number of ether oxygens (including phenoxy) is 1. The Morgan fingerprint density at radius 3 is 2.21 bits per heavy atom. The van der Waals surface area contributed by atoms with Crippen molar-refractivity contribution < 1.29 is 19.4 Å². The van der Waals surface area contributed by atoms with Crippen molar-refractivity contribution >= 4 is 12.4 Å². The number of aliphatic hydroxyl groups excluding tert-OH is 2. The maximum atomic E-state index is 9.28. The number of aromatic nitrogens is 1. The standard InChI is InChI=1S/C22H26N2O4.ClH/c1-27-19-8-4-17(5-9-19)12-21-24-20(13-28-21)18-6-2-16(3-7-18)10-11-22(23,14-25)15-26;/h2-9,13,25-26H,10-12,14-15,23H2,1H3;1H. The number of benzene rings is 2. The normalized spacial score (nSPS) is 11.2. The maximum Gasteiger partial charge on any atom is 0.198 e. The van der Waals surface area contributed by atoms with Gasteiger partial charge in [0, 0.05) is 12.0 Å². The van der Waals surface area contributed by atoms with Gasteiger partial charge in [-0.1, -0.05) is 36.4 Å². The highest BCUT2D eigenvalue weighted by molar-refractivity contribution is 5.85. The Morgan fingerprint density at radius 2 is 1.62 bits per heavy atom. The van der Waals surface area contributed by atoms with Gasteiger partial charge >= 0.3 is 0 Å². The Balaban J connectivity index is 0.00000300. The Kier molecular flexibility index (Phi) is 8.22. The first-order chi connectivity index (χ1) is 13.5. The lowest BCUT2D eigenvalue weighted by molar-refractivity contribution is 0.115. The lowest BCUT2D eigenvalue weighted by Gasteiger charge is -2.24. The Hall–Kier alpha value is -2.38. The number of aryl methyl sites for hydroxylation is 1. The van der Waals surface area contributed by atoms with Crippen molar-refractivity contribution in [2.45, 2.75) is 24.8 Å². The van der Waals surface area contributed by atoms with Crippen LogP contribution in [-0.2, 0) is 12.8 Å². The number of rotatable bonds is 9. The summed E-state index contributed by atoms with van der Waals surface area (Å²) in [6.07, 6.45) is 3.47. The molecule has 0 aliphatic heterocycles. The number of nitrogens with zero attached hydrogens (tertiary/aromatic N) is 1. The van der Waals surface area contributed by atoms with Crippen LogP contribution in [0, 0.1) is 0 Å². The van der Waals surface area contributed by atoms with Crippen LogP contribution in [-0.4, -0.2) is 41.1 Å². The van der Waals surface area contributed by atoms with E-state index in [0.717, 1.165) is 28.1 Å². The van der Waals surface area contributed by atoms with Crippen LogP contribution < -0.4 is 10.5 Å². The largest absolute Gasteiger partial charge is 0.497 e. The fourth-order valence-corrected chi connectivity index (χ4v) is 2.89. The van der Waals surface area contributed by atoms with E-state index in [1.807, 2.05) is 48.5 Å². The first-order valence-corrected chi connectivity index (χ1v) is 9.22. The van der Waals surface area contributed by atoms with Gasteiger partial charge in [-0.3, -0.25) is 0 Å². The molecule has 1 aromatic heterocycles. The molecule has 0 saturated heterocycles. The van der Waals surface area contributed by atoms with E-state index in [4.69, 9.17) is 14.9 Å². The zero-order chi connectivity index (χ0) is 20.0. The van der Waals surface area contributed by atoms with Crippen molar-refractivity contribution in [2.75, 3.05) is 20.3 Å². The van der Waals surface area contributed by atoms with E-state index in [0.29, 0.717) is 25.2 Å². The summed E-state index contributed by atoms with van der Waals surface area (Å²) >= 11 is 0. The average Bonchev–Trinajstić information content (AvgIpc) is 3.21. The molecule has 7 heteroatoms. The number of hydrogen-bond donors (Lipinski definition) is 3. The number of hydrogen-bond acceptors (Lipinski definition) is 6. The minimum atomic E-state index is -0.943.